The second-order valence-corrected chi connectivity index (χ2v) is 6.67. The molecule has 0 aliphatic heterocycles. The van der Waals surface area contributed by atoms with Gasteiger partial charge in [-0.15, -0.1) is 0 Å². The van der Waals surface area contributed by atoms with Crippen LogP contribution in [0.25, 0.3) is 0 Å². The Bertz CT molecular complexity index is 592. The minimum atomic E-state index is 0.0647. The van der Waals surface area contributed by atoms with Gasteiger partial charge in [-0.1, -0.05) is 38.8 Å². The number of halogens is 2. The smallest absolute Gasteiger partial charge is 0.125 e. The quantitative estimate of drug-likeness (QED) is 0.715. The lowest BCUT2D eigenvalue weighted by atomic mass is 10.0. The fourth-order valence-corrected chi connectivity index (χ4v) is 3.19. The van der Waals surface area contributed by atoms with Crippen molar-refractivity contribution in [2.75, 3.05) is 6.54 Å². The van der Waals surface area contributed by atoms with Gasteiger partial charge in [-0.05, 0) is 62.2 Å². The summed E-state index contributed by atoms with van der Waals surface area (Å²) in [4.78, 5) is 0. The largest absolute Gasteiger partial charge is 0.464 e. The first-order chi connectivity index (χ1) is 9.52. The Labute approximate surface area is 137 Å². The second-order valence-electron chi connectivity index (χ2n) is 4.96. The van der Waals surface area contributed by atoms with Gasteiger partial charge in [0.2, 0.25) is 0 Å². The summed E-state index contributed by atoms with van der Waals surface area (Å²) >= 11 is 7.29. The van der Waals surface area contributed by atoms with E-state index in [1.807, 2.05) is 19.1 Å². The SMILES string of the molecule is CCCNC(c1ccc(C)o1)c1cc(Br)c(C)cc1Br. The summed E-state index contributed by atoms with van der Waals surface area (Å²) in [5, 5.41) is 3.56. The first-order valence-electron chi connectivity index (χ1n) is 6.78. The van der Waals surface area contributed by atoms with Crippen LogP contribution in [-0.2, 0) is 0 Å². The van der Waals surface area contributed by atoms with Crippen molar-refractivity contribution in [2.45, 2.75) is 33.2 Å². The van der Waals surface area contributed by atoms with Crippen LogP contribution < -0.4 is 5.32 Å². The summed E-state index contributed by atoms with van der Waals surface area (Å²) in [6.45, 7) is 7.17. The van der Waals surface area contributed by atoms with Crippen molar-refractivity contribution in [2.24, 2.45) is 0 Å². The summed E-state index contributed by atoms with van der Waals surface area (Å²) in [7, 11) is 0. The number of aryl methyl sites for hydroxylation is 2. The van der Waals surface area contributed by atoms with Crippen molar-refractivity contribution in [1.29, 1.82) is 0 Å². The molecule has 1 aromatic heterocycles. The van der Waals surface area contributed by atoms with Gasteiger partial charge in [-0.2, -0.15) is 0 Å². The van der Waals surface area contributed by atoms with E-state index < -0.39 is 0 Å². The zero-order valence-electron chi connectivity index (χ0n) is 12.0. The fraction of sp³-hybridized carbons (Fsp3) is 0.375. The molecule has 0 aliphatic carbocycles. The summed E-state index contributed by atoms with van der Waals surface area (Å²) in [5.74, 6) is 1.89. The van der Waals surface area contributed by atoms with E-state index in [-0.39, 0.29) is 6.04 Å². The van der Waals surface area contributed by atoms with Crippen molar-refractivity contribution >= 4 is 31.9 Å². The molecule has 20 heavy (non-hydrogen) atoms. The van der Waals surface area contributed by atoms with Gasteiger partial charge in [0.15, 0.2) is 0 Å². The van der Waals surface area contributed by atoms with E-state index in [4.69, 9.17) is 4.42 Å². The van der Waals surface area contributed by atoms with E-state index in [2.05, 4.69) is 63.2 Å². The maximum Gasteiger partial charge on any atom is 0.125 e. The minimum Gasteiger partial charge on any atom is -0.464 e. The number of nitrogens with one attached hydrogen (secondary N) is 1. The molecule has 0 spiro atoms. The second kappa shape index (κ2) is 6.92. The van der Waals surface area contributed by atoms with Crippen molar-refractivity contribution in [3.8, 4) is 0 Å². The number of hydrogen-bond donors (Lipinski definition) is 1. The number of furan rings is 1. The van der Waals surface area contributed by atoms with Gasteiger partial charge in [-0.25, -0.2) is 0 Å². The molecule has 0 fully saturated rings. The molecule has 1 atom stereocenters. The molecular weight excluding hydrogens is 382 g/mol. The monoisotopic (exact) mass is 399 g/mol. The van der Waals surface area contributed by atoms with Crippen molar-refractivity contribution in [1.82, 2.24) is 5.32 Å². The normalized spacial score (nSPS) is 12.7. The third kappa shape index (κ3) is 3.54. The summed E-state index contributed by atoms with van der Waals surface area (Å²) in [5.41, 5.74) is 2.40. The highest BCUT2D eigenvalue weighted by Gasteiger charge is 2.20. The fourth-order valence-electron chi connectivity index (χ4n) is 2.14. The minimum absolute atomic E-state index is 0.0647. The molecule has 2 rings (SSSR count). The van der Waals surface area contributed by atoms with E-state index in [9.17, 15) is 0 Å². The van der Waals surface area contributed by atoms with Gasteiger partial charge in [0.1, 0.15) is 11.5 Å². The first kappa shape index (κ1) is 15.8. The molecule has 1 unspecified atom stereocenters. The Morgan fingerprint density at radius 2 is 1.90 bits per heavy atom. The zero-order chi connectivity index (χ0) is 14.7. The van der Waals surface area contributed by atoms with E-state index in [0.29, 0.717) is 0 Å². The number of benzene rings is 1. The molecule has 0 amide bonds. The Kier molecular flexibility index (Phi) is 5.47. The predicted octanol–water partition coefficient (Wildman–Crippen LogP) is 5.51. The third-order valence-corrected chi connectivity index (χ3v) is 4.77. The lowest BCUT2D eigenvalue weighted by Gasteiger charge is -2.19. The van der Waals surface area contributed by atoms with E-state index >= 15 is 0 Å². The van der Waals surface area contributed by atoms with Crippen LogP contribution in [0.2, 0.25) is 0 Å². The van der Waals surface area contributed by atoms with Gasteiger partial charge >= 0.3 is 0 Å². The molecule has 108 valence electrons. The molecule has 1 aromatic carbocycles. The molecule has 0 bridgehead atoms. The molecule has 4 heteroatoms. The van der Waals surface area contributed by atoms with E-state index in [1.165, 1.54) is 11.1 Å². The summed E-state index contributed by atoms with van der Waals surface area (Å²) < 4.78 is 8.03. The van der Waals surface area contributed by atoms with Crippen molar-refractivity contribution in [3.63, 3.8) is 0 Å². The van der Waals surface area contributed by atoms with Crippen LogP contribution in [0.1, 0.15) is 42.0 Å². The van der Waals surface area contributed by atoms with Crippen LogP contribution in [0.4, 0.5) is 0 Å². The Hall–Kier alpha value is -0.580. The maximum absolute atomic E-state index is 5.82. The standard InChI is InChI=1S/C16H19Br2NO/c1-4-7-19-16(15-6-5-11(3)20-15)12-9-13(17)10(2)8-14(12)18/h5-6,8-9,16,19H,4,7H2,1-3H3. The molecule has 0 aliphatic rings. The molecule has 0 radical (unpaired) electrons. The number of hydrogen-bond acceptors (Lipinski definition) is 2. The lowest BCUT2D eigenvalue weighted by molar-refractivity contribution is 0.430. The van der Waals surface area contributed by atoms with Crippen LogP contribution in [-0.4, -0.2) is 6.54 Å². The maximum atomic E-state index is 5.82. The topological polar surface area (TPSA) is 25.2 Å². The molecule has 0 saturated heterocycles. The lowest BCUT2D eigenvalue weighted by Crippen LogP contribution is -2.23. The van der Waals surface area contributed by atoms with Crippen molar-refractivity contribution < 1.29 is 4.42 Å². The zero-order valence-corrected chi connectivity index (χ0v) is 15.1. The average molecular weight is 401 g/mol. The highest BCUT2D eigenvalue weighted by atomic mass is 79.9. The van der Waals surface area contributed by atoms with Crippen molar-refractivity contribution in [3.05, 3.63) is 55.9 Å². The molecule has 1 heterocycles. The molecule has 0 saturated carbocycles. The molecule has 2 aromatic rings. The number of rotatable bonds is 5. The van der Waals surface area contributed by atoms with Crippen LogP contribution in [0, 0.1) is 13.8 Å². The predicted molar refractivity (Wildman–Crippen MR) is 90.2 cm³/mol. The van der Waals surface area contributed by atoms with Gasteiger partial charge in [0, 0.05) is 8.95 Å². The third-order valence-electron chi connectivity index (χ3n) is 3.23. The Balaban J connectivity index is 2.43. The Morgan fingerprint density at radius 3 is 2.50 bits per heavy atom. The van der Waals surface area contributed by atoms with Gasteiger partial charge in [-0.3, -0.25) is 0 Å². The van der Waals surface area contributed by atoms with Gasteiger partial charge < -0.3 is 9.73 Å². The summed E-state index contributed by atoms with van der Waals surface area (Å²) in [6.07, 6.45) is 1.08. The average Bonchev–Trinajstić information content (AvgIpc) is 2.82. The van der Waals surface area contributed by atoms with Crippen LogP contribution in [0.15, 0.2) is 37.6 Å². The highest BCUT2D eigenvalue weighted by Crippen LogP contribution is 2.33. The molecule has 1 N–H and O–H groups in total. The molecular formula is C16H19Br2NO. The molecule has 2 nitrogen and oxygen atoms in total. The van der Waals surface area contributed by atoms with E-state index in [1.54, 1.807) is 0 Å². The van der Waals surface area contributed by atoms with Gasteiger partial charge in [0.25, 0.3) is 0 Å². The first-order valence-corrected chi connectivity index (χ1v) is 8.36. The van der Waals surface area contributed by atoms with Crippen LogP contribution in [0.3, 0.4) is 0 Å². The van der Waals surface area contributed by atoms with E-state index in [0.717, 1.165) is 33.4 Å². The van der Waals surface area contributed by atoms with Crippen LogP contribution in [0.5, 0.6) is 0 Å². The summed E-state index contributed by atoms with van der Waals surface area (Å²) in [6, 6.07) is 8.41. The van der Waals surface area contributed by atoms with Gasteiger partial charge in [0.05, 0.1) is 6.04 Å². The Morgan fingerprint density at radius 1 is 1.15 bits per heavy atom. The highest BCUT2D eigenvalue weighted by molar-refractivity contribution is 9.11. The van der Waals surface area contributed by atoms with Crippen LogP contribution >= 0.6 is 31.9 Å².